The van der Waals surface area contributed by atoms with E-state index >= 15 is 0 Å². The van der Waals surface area contributed by atoms with Crippen molar-refractivity contribution < 1.29 is 33.7 Å². The van der Waals surface area contributed by atoms with Gasteiger partial charge in [-0.15, -0.1) is 0 Å². The van der Waals surface area contributed by atoms with Crippen molar-refractivity contribution in [3.63, 3.8) is 0 Å². The number of aliphatic hydroxyl groups is 1. The molecule has 10 atom stereocenters. The van der Waals surface area contributed by atoms with Crippen LogP contribution in [0, 0.1) is 52.2 Å². The van der Waals surface area contributed by atoms with Crippen LogP contribution in [0.2, 0.25) is 0 Å². The van der Waals surface area contributed by atoms with Crippen LogP contribution in [0.3, 0.4) is 0 Å². The highest BCUT2D eigenvalue weighted by atomic mass is 16.7. The molecule has 41 heavy (non-hydrogen) atoms. The SMILES string of the molecule is [2H]C([2H])([2H])C([2H])(C(O)CC[C@@H](C)[C@H]1CCC2C3C(OC(=O)c4ccccc4)C[C@H]4CC5(CC[C@]4(C)C3CC[C@@]21C)OCCO5)C([2H])([2H])[2H]. The molecule has 4 aliphatic carbocycles. The lowest BCUT2D eigenvalue weighted by Crippen LogP contribution is -2.60. The zero-order chi connectivity index (χ0) is 34.9. The van der Waals surface area contributed by atoms with Crippen molar-refractivity contribution in [2.24, 2.45) is 52.2 Å². The van der Waals surface area contributed by atoms with Crippen LogP contribution in [0.25, 0.3) is 0 Å². The standard InChI is InChI=1S/C36H54O5/c1-23(2)30(37)14-11-24(3)27-12-13-28-32-29(15-16-35(27,28)5)34(4)17-18-36(39-19-20-40-36)22-26(34)21-31(32)41-33(38)25-9-7-6-8-10-25/h6-10,23-24,26-32,37H,11-22H2,1-5H3/t24-,26+,27-,28?,29?,30?,31?,32?,34+,35-/m1/s1/i1D3,2D3,23D. The quantitative estimate of drug-likeness (QED) is 0.339. The largest absolute Gasteiger partial charge is 0.458 e. The molecule has 1 aromatic rings. The molecule has 0 bridgehead atoms. The van der Waals surface area contributed by atoms with Crippen LogP contribution in [0.4, 0.5) is 0 Å². The molecule has 5 heteroatoms. The molecule has 5 unspecified atom stereocenters. The molecular formula is C36H54O5. The summed E-state index contributed by atoms with van der Waals surface area (Å²) < 4.78 is 74.1. The normalized spacial score (nSPS) is 44.3. The van der Waals surface area contributed by atoms with Gasteiger partial charge in [-0.25, -0.2) is 4.79 Å². The fraction of sp³-hybridized carbons (Fsp3) is 0.806. The van der Waals surface area contributed by atoms with E-state index in [1.54, 1.807) is 12.1 Å². The lowest BCUT2D eigenvalue weighted by molar-refractivity contribution is -0.242. The van der Waals surface area contributed by atoms with Crippen molar-refractivity contribution in [3.05, 3.63) is 35.9 Å². The van der Waals surface area contributed by atoms with Gasteiger partial charge in [0.05, 0.1) is 24.9 Å². The summed E-state index contributed by atoms with van der Waals surface area (Å²) in [5, 5.41) is 10.9. The maximum absolute atomic E-state index is 13.6. The monoisotopic (exact) mass is 573 g/mol. The summed E-state index contributed by atoms with van der Waals surface area (Å²) in [6.45, 7) is 1.88. The first-order chi connectivity index (χ1) is 22.4. The van der Waals surface area contributed by atoms with Crippen LogP contribution >= 0.6 is 0 Å². The van der Waals surface area contributed by atoms with Crippen LogP contribution in [-0.4, -0.2) is 42.3 Å². The van der Waals surface area contributed by atoms with Crippen molar-refractivity contribution in [2.75, 3.05) is 13.2 Å². The van der Waals surface area contributed by atoms with Crippen LogP contribution in [0.1, 0.15) is 119 Å². The van der Waals surface area contributed by atoms with Crippen LogP contribution < -0.4 is 0 Å². The van der Waals surface area contributed by atoms with E-state index in [2.05, 4.69) is 20.8 Å². The van der Waals surface area contributed by atoms with Gasteiger partial charge in [-0.1, -0.05) is 52.7 Å². The summed E-state index contributed by atoms with van der Waals surface area (Å²) in [7, 11) is 0. The first-order valence-electron chi connectivity index (χ1n) is 19.6. The molecular weight excluding hydrogens is 512 g/mol. The highest BCUT2D eigenvalue weighted by Gasteiger charge is 2.65. The van der Waals surface area contributed by atoms with Crippen LogP contribution in [-0.2, 0) is 14.2 Å². The van der Waals surface area contributed by atoms with E-state index in [1.807, 2.05) is 18.2 Å². The predicted octanol–water partition coefficient (Wildman–Crippen LogP) is 7.66. The molecule has 1 aliphatic heterocycles. The highest BCUT2D eigenvalue weighted by molar-refractivity contribution is 5.89. The van der Waals surface area contributed by atoms with Crippen molar-refractivity contribution in [3.8, 4) is 0 Å². The first kappa shape index (κ1) is 22.1. The second kappa shape index (κ2) is 11.2. The highest BCUT2D eigenvalue weighted by Crippen LogP contribution is 2.69. The molecule has 1 spiro atoms. The average molecular weight is 574 g/mol. The van der Waals surface area contributed by atoms with Crippen molar-refractivity contribution in [2.45, 2.75) is 117 Å². The molecule has 5 nitrogen and oxygen atoms in total. The minimum absolute atomic E-state index is 0.0498. The summed E-state index contributed by atoms with van der Waals surface area (Å²) in [5.74, 6) is -2.16. The third kappa shape index (κ3) is 5.20. The number of ether oxygens (including phenoxy) is 3. The van der Waals surface area contributed by atoms with E-state index in [9.17, 15) is 9.90 Å². The minimum Gasteiger partial charge on any atom is -0.458 e. The van der Waals surface area contributed by atoms with Crippen LogP contribution in [0.15, 0.2) is 30.3 Å². The number of carbonyl (C=O) groups excluding carboxylic acids is 1. The smallest absolute Gasteiger partial charge is 0.338 e. The molecule has 1 heterocycles. The summed E-state index contributed by atoms with van der Waals surface area (Å²) in [6.07, 6.45) is 5.85. The van der Waals surface area contributed by atoms with E-state index in [-0.39, 0.29) is 47.1 Å². The number of hydrogen-bond donors (Lipinski definition) is 1. The Hall–Kier alpha value is -1.43. The van der Waals surface area contributed by atoms with Gasteiger partial charge in [-0.2, -0.15) is 0 Å². The van der Waals surface area contributed by atoms with Crippen molar-refractivity contribution in [1.82, 2.24) is 0 Å². The molecule has 5 fully saturated rings. The number of aliphatic hydroxyl groups excluding tert-OH is 1. The number of fused-ring (bicyclic) bond motifs is 5. The minimum atomic E-state index is -3.15. The molecule has 0 amide bonds. The molecule has 6 rings (SSSR count). The predicted molar refractivity (Wildman–Crippen MR) is 160 cm³/mol. The Labute approximate surface area is 257 Å². The molecule has 4 saturated carbocycles. The van der Waals surface area contributed by atoms with Gasteiger partial charge in [0.15, 0.2) is 5.79 Å². The molecule has 0 aromatic heterocycles. The number of carbonyl (C=O) groups is 1. The lowest BCUT2D eigenvalue weighted by atomic mass is 9.43. The van der Waals surface area contributed by atoms with Crippen LogP contribution in [0.5, 0.6) is 0 Å². The van der Waals surface area contributed by atoms with Gasteiger partial charge in [-0.05, 0) is 110 Å². The Kier molecular flexibility index (Phi) is 6.07. The topological polar surface area (TPSA) is 65.0 Å². The Morgan fingerprint density at radius 1 is 1.05 bits per heavy atom. The Morgan fingerprint density at radius 2 is 1.78 bits per heavy atom. The Morgan fingerprint density at radius 3 is 2.51 bits per heavy atom. The second-order valence-electron chi connectivity index (χ2n) is 14.6. The van der Waals surface area contributed by atoms with E-state index in [0.29, 0.717) is 43.0 Å². The fourth-order valence-electron chi connectivity index (χ4n) is 10.5. The van der Waals surface area contributed by atoms with Crippen molar-refractivity contribution in [1.29, 1.82) is 0 Å². The van der Waals surface area contributed by atoms with Gasteiger partial charge >= 0.3 is 5.97 Å². The fourth-order valence-corrected chi connectivity index (χ4v) is 10.5. The number of benzene rings is 1. The van der Waals surface area contributed by atoms with Gasteiger partial charge in [-0.3, -0.25) is 0 Å². The summed E-state index contributed by atoms with van der Waals surface area (Å²) in [5.41, 5.74) is 0.587. The Bertz CT molecular complexity index is 1300. The Balaban J connectivity index is 1.24. The lowest BCUT2D eigenvalue weighted by Gasteiger charge is -2.63. The number of esters is 1. The first-order valence-corrected chi connectivity index (χ1v) is 16.1. The molecule has 1 aromatic carbocycles. The summed E-state index contributed by atoms with van der Waals surface area (Å²) >= 11 is 0. The third-order valence-corrected chi connectivity index (χ3v) is 12.7. The van der Waals surface area contributed by atoms with Crippen molar-refractivity contribution >= 4 is 5.97 Å². The maximum atomic E-state index is 13.6. The van der Waals surface area contributed by atoms with Gasteiger partial charge < -0.3 is 19.3 Å². The molecule has 0 radical (unpaired) electrons. The summed E-state index contributed by atoms with van der Waals surface area (Å²) in [4.78, 5) is 13.6. The van der Waals surface area contributed by atoms with Gasteiger partial charge in [0.25, 0.3) is 0 Å². The molecule has 1 N–H and O–H groups in total. The van der Waals surface area contributed by atoms with Gasteiger partial charge in [0.1, 0.15) is 6.10 Å². The number of rotatable bonds is 7. The zero-order valence-corrected chi connectivity index (χ0v) is 25.1. The van der Waals surface area contributed by atoms with E-state index in [0.717, 1.165) is 51.4 Å². The molecule has 228 valence electrons. The zero-order valence-electron chi connectivity index (χ0n) is 32.1. The summed E-state index contributed by atoms with van der Waals surface area (Å²) in [6, 6.07) is 9.22. The van der Waals surface area contributed by atoms with Gasteiger partial charge in [0.2, 0.25) is 0 Å². The van der Waals surface area contributed by atoms with Gasteiger partial charge in [0, 0.05) is 28.4 Å². The van der Waals surface area contributed by atoms with E-state index in [4.69, 9.17) is 23.8 Å². The molecule has 5 aliphatic rings. The van der Waals surface area contributed by atoms with E-state index < -0.39 is 31.5 Å². The average Bonchev–Trinajstić information content (AvgIpc) is 3.63. The third-order valence-electron chi connectivity index (χ3n) is 12.7. The van der Waals surface area contributed by atoms with E-state index in [1.165, 1.54) is 0 Å². The maximum Gasteiger partial charge on any atom is 0.338 e. The molecule has 1 saturated heterocycles. The second-order valence-corrected chi connectivity index (χ2v) is 14.6. The number of hydrogen-bond acceptors (Lipinski definition) is 5.